The number of nitrogens with zero attached hydrogens (tertiary/aromatic N) is 4. The summed E-state index contributed by atoms with van der Waals surface area (Å²) in [7, 11) is 0. The zero-order chi connectivity index (χ0) is 20.2. The van der Waals surface area contributed by atoms with Crippen LogP contribution in [0, 0.1) is 13.8 Å². The number of phenols is 1. The van der Waals surface area contributed by atoms with Gasteiger partial charge in [-0.05, 0) is 49.1 Å². The smallest absolute Gasteiger partial charge is 0.143 e. The van der Waals surface area contributed by atoms with Crippen LogP contribution in [0.1, 0.15) is 11.1 Å². The fraction of sp³-hybridized carbons (Fsp3) is 0.0833. The maximum atomic E-state index is 10.3. The molecule has 0 heterocycles. The third kappa shape index (κ3) is 3.89. The van der Waals surface area contributed by atoms with Gasteiger partial charge in [0.15, 0.2) is 0 Å². The Morgan fingerprint density at radius 1 is 0.586 bits per heavy atom. The average Bonchev–Trinajstić information content (AvgIpc) is 2.74. The lowest BCUT2D eigenvalue weighted by Gasteiger charge is -2.05. The zero-order valence-electron chi connectivity index (χ0n) is 16.2. The van der Waals surface area contributed by atoms with Gasteiger partial charge in [-0.25, -0.2) is 0 Å². The Balaban J connectivity index is 1.68. The molecule has 0 amide bonds. The molecule has 0 aromatic heterocycles. The molecular formula is C24H20N4O. The molecule has 0 saturated carbocycles. The minimum atomic E-state index is 0.0977. The first-order valence-electron chi connectivity index (χ1n) is 9.33. The summed E-state index contributed by atoms with van der Waals surface area (Å²) in [5.74, 6) is 0.0977. The molecule has 29 heavy (non-hydrogen) atoms. The molecule has 0 unspecified atom stereocenters. The highest BCUT2D eigenvalue weighted by Crippen LogP contribution is 2.37. The van der Waals surface area contributed by atoms with Crippen molar-refractivity contribution in [3.8, 4) is 5.75 Å². The summed E-state index contributed by atoms with van der Waals surface area (Å²) in [5, 5.41) is 29.6. The van der Waals surface area contributed by atoms with E-state index in [9.17, 15) is 5.11 Å². The minimum absolute atomic E-state index is 0.0977. The number of phenolic OH excluding ortho intramolecular Hbond substituents is 1. The fourth-order valence-corrected chi connectivity index (χ4v) is 3.06. The van der Waals surface area contributed by atoms with Crippen LogP contribution in [0.4, 0.5) is 22.7 Å². The number of aryl methyl sites for hydroxylation is 1. The quantitative estimate of drug-likeness (QED) is 0.358. The van der Waals surface area contributed by atoms with Crippen LogP contribution in [0.3, 0.4) is 0 Å². The number of hydrogen-bond acceptors (Lipinski definition) is 5. The summed E-state index contributed by atoms with van der Waals surface area (Å²) in [6.07, 6.45) is 0. The predicted molar refractivity (Wildman–Crippen MR) is 116 cm³/mol. The number of fused-ring (bicyclic) bond motifs is 1. The second-order valence-corrected chi connectivity index (χ2v) is 6.76. The van der Waals surface area contributed by atoms with Gasteiger partial charge in [0.25, 0.3) is 0 Å². The predicted octanol–water partition coefficient (Wildman–Crippen LogP) is 7.99. The summed E-state index contributed by atoms with van der Waals surface area (Å²) in [4.78, 5) is 0. The number of rotatable bonds is 4. The van der Waals surface area contributed by atoms with Crippen LogP contribution in [0.2, 0.25) is 0 Å². The van der Waals surface area contributed by atoms with Crippen molar-refractivity contribution in [1.29, 1.82) is 0 Å². The molecule has 0 radical (unpaired) electrons. The molecule has 0 spiro atoms. The first kappa shape index (κ1) is 18.5. The van der Waals surface area contributed by atoms with E-state index in [-0.39, 0.29) is 5.75 Å². The van der Waals surface area contributed by atoms with E-state index in [2.05, 4.69) is 20.5 Å². The van der Waals surface area contributed by atoms with Gasteiger partial charge in [0.1, 0.15) is 11.4 Å². The lowest BCUT2D eigenvalue weighted by Crippen LogP contribution is -1.77. The summed E-state index contributed by atoms with van der Waals surface area (Å²) < 4.78 is 0. The Hall–Kier alpha value is -3.86. The van der Waals surface area contributed by atoms with E-state index in [0.29, 0.717) is 11.4 Å². The molecule has 0 aliphatic heterocycles. The lowest BCUT2D eigenvalue weighted by atomic mass is 10.1. The second kappa shape index (κ2) is 8.02. The molecule has 1 N–H and O–H groups in total. The average molecular weight is 380 g/mol. The second-order valence-electron chi connectivity index (χ2n) is 6.76. The van der Waals surface area contributed by atoms with E-state index < -0.39 is 0 Å². The van der Waals surface area contributed by atoms with E-state index >= 15 is 0 Å². The molecule has 4 aromatic carbocycles. The molecular weight excluding hydrogens is 360 g/mol. The van der Waals surface area contributed by atoms with E-state index in [1.54, 1.807) is 6.07 Å². The van der Waals surface area contributed by atoms with Crippen molar-refractivity contribution in [2.45, 2.75) is 13.8 Å². The maximum absolute atomic E-state index is 10.3. The van der Waals surface area contributed by atoms with Gasteiger partial charge in [-0.2, -0.15) is 15.3 Å². The number of hydrogen-bond donors (Lipinski definition) is 1. The maximum Gasteiger partial charge on any atom is 0.143 e. The van der Waals surface area contributed by atoms with Gasteiger partial charge in [-0.1, -0.05) is 54.6 Å². The monoisotopic (exact) mass is 380 g/mol. The Morgan fingerprint density at radius 3 is 2.00 bits per heavy atom. The van der Waals surface area contributed by atoms with Crippen molar-refractivity contribution in [3.63, 3.8) is 0 Å². The van der Waals surface area contributed by atoms with E-state index in [1.165, 1.54) is 0 Å². The molecule has 0 saturated heterocycles. The molecule has 0 fully saturated rings. The molecule has 142 valence electrons. The van der Waals surface area contributed by atoms with Crippen molar-refractivity contribution >= 4 is 33.5 Å². The standard InChI is InChI=1S/C24H20N4O/c1-16-8-3-6-11-20(16)25-26-21-12-7-13-22(17(21)2)27-28-24-19-10-5-4-9-18(19)14-15-23(24)29/h3-15,29H,1-2H3/b26-25+,28-27+. The van der Waals surface area contributed by atoms with Crippen molar-refractivity contribution < 1.29 is 5.11 Å². The van der Waals surface area contributed by atoms with E-state index in [0.717, 1.165) is 33.3 Å². The van der Waals surface area contributed by atoms with Gasteiger partial charge in [0, 0.05) is 10.9 Å². The third-order valence-corrected chi connectivity index (χ3v) is 4.79. The van der Waals surface area contributed by atoms with Gasteiger partial charge in [0.05, 0.1) is 17.1 Å². The number of azo groups is 2. The molecule has 4 rings (SSSR count). The summed E-state index contributed by atoms with van der Waals surface area (Å²) in [6, 6.07) is 24.7. The fourth-order valence-electron chi connectivity index (χ4n) is 3.06. The largest absolute Gasteiger partial charge is 0.506 e. The van der Waals surface area contributed by atoms with Crippen LogP contribution in [-0.2, 0) is 0 Å². The summed E-state index contributed by atoms with van der Waals surface area (Å²) in [6.45, 7) is 3.94. The zero-order valence-corrected chi connectivity index (χ0v) is 16.2. The van der Waals surface area contributed by atoms with Gasteiger partial charge >= 0.3 is 0 Å². The van der Waals surface area contributed by atoms with Crippen LogP contribution in [-0.4, -0.2) is 5.11 Å². The van der Waals surface area contributed by atoms with Gasteiger partial charge in [-0.3, -0.25) is 0 Å². The number of benzene rings is 4. The van der Waals surface area contributed by atoms with Crippen LogP contribution < -0.4 is 0 Å². The molecule has 5 heteroatoms. The summed E-state index contributed by atoms with van der Waals surface area (Å²) >= 11 is 0. The lowest BCUT2D eigenvalue weighted by molar-refractivity contribution is 0.477. The highest BCUT2D eigenvalue weighted by Gasteiger charge is 2.07. The van der Waals surface area contributed by atoms with E-state index in [1.807, 2.05) is 86.6 Å². The van der Waals surface area contributed by atoms with Gasteiger partial charge in [0.2, 0.25) is 0 Å². The topological polar surface area (TPSA) is 69.7 Å². The van der Waals surface area contributed by atoms with Gasteiger partial charge < -0.3 is 5.11 Å². The highest BCUT2D eigenvalue weighted by atomic mass is 16.3. The van der Waals surface area contributed by atoms with Crippen molar-refractivity contribution in [2.24, 2.45) is 20.5 Å². The molecule has 0 atom stereocenters. The Labute approximate surface area is 169 Å². The van der Waals surface area contributed by atoms with E-state index in [4.69, 9.17) is 0 Å². The molecule has 0 aliphatic rings. The Morgan fingerprint density at radius 2 is 1.21 bits per heavy atom. The number of aromatic hydroxyl groups is 1. The van der Waals surface area contributed by atoms with Crippen molar-refractivity contribution in [2.75, 3.05) is 0 Å². The summed E-state index contributed by atoms with van der Waals surface area (Å²) in [5.41, 5.74) is 4.63. The first-order valence-corrected chi connectivity index (χ1v) is 9.33. The van der Waals surface area contributed by atoms with Crippen LogP contribution in [0.15, 0.2) is 99.3 Å². The normalized spacial score (nSPS) is 11.7. The Kier molecular flexibility index (Phi) is 5.12. The van der Waals surface area contributed by atoms with Crippen LogP contribution >= 0.6 is 0 Å². The highest BCUT2D eigenvalue weighted by molar-refractivity contribution is 5.95. The SMILES string of the molecule is Cc1ccccc1/N=N/c1cccc(/N=N/c2c(O)ccc3ccccc23)c1C. The molecule has 4 aromatic rings. The van der Waals surface area contributed by atoms with Crippen molar-refractivity contribution in [3.05, 3.63) is 90.0 Å². The first-order chi connectivity index (χ1) is 14.1. The minimum Gasteiger partial charge on any atom is -0.506 e. The van der Waals surface area contributed by atoms with Crippen LogP contribution in [0.5, 0.6) is 5.75 Å². The van der Waals surface area contributed by atoms with Gasteiger partial charge in [-0.15, -0.1) is 5.11 Å². The van der Waals surface area contributed by atoms with Crippen molar-refractivity contribution in [1.82, 2.24) is 0 Å². The Bertz CT molecular complexity index is 1240. The molecule has 5 nitrogen and oxygen atoms in total. The third-order valence-electron chi connectivity index (χ3n) is 4.79. The van der Waals surface area contributed by atoms with Crippen LogP contribution in [0.25, 0.3) is 10.8 Å². The molecule has 0 aliphatic carbocycles. The molecule has 0 bridgehead atoms.